The smallest absolute Gasteiger partial charge is 0.258 e. The van der Waals surface area contributed by atoms with Crippen molar-refractivity contribution < 1.29 is 8.91 Å². The van der Waals surface area contributed by atoms with Gasteiger partial charge in [-0.15, -0.1) is 0 Å². The Morgan fingerprint density at radius 2 is 1.82 bits per heavy atom. The van der Waals surface area contributed by atoms with E-state index in [4.69, 9.17) is 28.3 Å². The van der Waals surface area contributed by atoms with Crippen LogP contribution in [0.4, 0.5) is 10.1 Å². The molecule has 1 unspecified atom stereocenters. The van der Waals surface area contributed by atoms with Crippen molar-refractivity contribution in [3.63, 3.8) is 0 Å². The molecule has 5 nitrogen and oxygen atoms in total. The molecule has 8 heteroatoms. The molecule has 0 fully saturated rings. The lowest BCUT2D eigenvalue weighted by atomic mass is 9.94. The molecule has 5 rings (SSSR count). The van der Waals surface area contributed by atoms with E-state index in [1.165, 1.54) is 6.07 Å². The Morgan fingerprint density at radius 1 is 1.03 bits per heavy atom. The maximum Gasteiger partial charge on any atom is 0.258 e. The summed E-state index contributed by atoms with van der Waals surface area (Å²) >= 11 is 11.9. The van der Waals surface area contributed by atoms with Crippen molar-refractivity contribution in [3.05, 3.63) is 106 Å². The van der Waals surface area contributed by atoms with E-state index < -0.39 is 0 Å². The highest BCUT2D eigenvalue weighted by atomic mass is 35.5. The van der Waals surface area contributed by atoms with Crippen LogP contribution in [0.15, 0.2) is 83.0 Å². The number of aromatic nitrogens is 2. The standard InChI is InChI=1S/C26H20ClFN4OS/c1-15-11-12-20(14-21(15)28)32-16(2)22(23(29-26(32)34)17-7-4-3-5-8-17)25-30-24(31-33-25)18-9-6-10-19(27)13-18/h3-14,23H,1-2H3,(H,29,34). The molecule has 2 heterocycles. The van der Waals surface area contributed by atoms with Crippen LogP contribution in [-0.4, -0.2) is 15.3 Å². The number of halogens is 2. The molecule has 1 aromatic heterocycles. The van der Waals surface area contributed by atoms with Gasteiger partial charge in [0.05, 0.1) is 17.3 Å². The van der Waals surface area contributed by atoms with E-state index in [1.807, 2.05) is 55.5 Å². The van der Waals surface area contributed by atoms with Gasteiger partial charge in [-0.25, -0.2) is 4.39 Å². The van der Waals surface area contributed by atoms with Crippen LogP contribution in [-0.2, 0) is 0 Å². The number of rotatable bonds is 4. The number of anilines is 1. The molecule has 3 aromatic carbocycles. The number of thiocarbonyl (C=S) groups is 1. The molecule has 0 bridgehead atoms. The Morgan fingerprint density at radius 3 is 2.56 bits per heavy atom. The third-order valence-corrected chi connectivity index (χ3v) is 6.31. The van der Waals surface area contributed by atoms with Crippen LogP contribution in [0.25, 0.3) is 17.0 Å². The fourth-order valence-electron chi connectivity index (χ4n) is 4.03. The van der Waals surface area contributed by atoms with Crippen LogP contribution >= 0.6 is 23.8 Å². The van der Waals surface area contributed by atoms with Crippen molar-refractivity contribution in [2.75, 3.05) is 4.90 Å². The lowest BCUT2D eigenvalue weighted by molar-refractivity contribution is 0.404. The second kappa shape index (κ2) is 9.00. The average molecular weight is 491 g/mol. The fourth-order valence-corrected chi connectivity index (χ4v) is 4.58. The molecule has 0 spiro atoms. The van der Waals surface area contributed by atoms with Gasteiger partial charge in [0.1, 0.15) is 5.82 Å². The molecule has 1 N–H and O–H groups in total. The average Bonchev–Trinajstić information content (AvgIpc) is 3.31. The highest BCUT2D eigenvalue weighted by molar-refractivity contribution is 7.80. The molecular weight excluding hydrogens is 471 g/mol. The summed E-state index contributed by atoms with van der Waals surface area (Å²) < 4.78 is 20.2. The molecule has 0 saturated carbocycles. The first-order valence-corrected chi connectivity index (χ1v) is 11.4. The molecule has 0 saturated heterocycles. The van der Waals surface area contributed by atoms with E-state index >= 15 is 0 Å². The van der Waals surface area contributed by atoms with Crippen molar-refractivity contribution in [3.8, 4) is 11.4 Å². The van der Waals surface area contributed by atoms with E-state index in [1.54, 1.807) is 30.0 Å². The third-order valence-electron chi connectivity index (χ3n) is 5.77. The third kappa shape index (κ3) is 4.08. The van der Waals surface area contributed by atoms with Gasteiger partial charge >= 0.3 is 0 Å². The molecule has 170 valence electrons. The molecule has 0 radical (unpaired) electrons. The Bertz CT molecular complexity index is 1420. The molecule has 1 aliphatic heterocycles. The van der Waals surface area contributed by atoms with Crippen molar-refractivity contribution in [1.82, 2.24) is 15.5 Å². The van der Waals surface area contributed by atoms with Gasteiger partial charge in [-0.3, -0.25) is 4.90 Å². The summed E-state index contributed by atoms with van der Waals surface area (Å²) in [5, 5.41) is 8.60. The van der Waals surface area contributed by atoms with Gasteiger partial charge < -0.3 is 9.84 Å². The number of aryl methyl sites for hydroxylation is 1. The van der Waals surface area contributed by atoms with Crippen molar-refractivity contribution in [2.24, 2.45) is 0 Å². The summed E-state index contributed by atoms with van der Waals surface area (Å²) in [4.78, 5) is 6.47. The number of hydrogen-bond donors (Lipinski definition) is 1. The van der Waals surface area contributed by atoms with E-state index in [2.05, 4.69) is 15.5 Å². The monoisotopic (exact) mass is 490 g/mol. The molecule has 1 aliphatic rings. The maximum absolute atomic E-state index is 14.4. The highest BCUT2D eigenvalue weighted by Gasteiger charge is 2.34. The molecule has 0 amide bonds. The first-order chi connectivity index (χ1) is 16.4. The minimum Gasteiger partial charge on any atom is -0.351 e. The van der Waals surface area contributed by atoms with Gasteiger partial charge in [0.2, 0.25) is 5.82 Å². The Hall–Kier alpha value is -3.55. The van der Waals surface area contributed by atoms with Gasteiger partial charge in [0, 0.05) is 16.3 Å². The van der Waals surface area contributed by atoms with Gasteiger partial charge in [0.15, 0.2) is 5.11 Å². The topological polar surface area (TPSA) is 54.2 Å². The Balaban J connectivity index is 1.66. The van der Waals surface area contributed by atoms with Crippen LogP contribution in [0, 0.1) is 12.7 Å². The van der Waals surface area contributed by atoms with Crippen LogP contribution in [0.2, 0.25) is 5.02 Å². The lowest BCUT2D eigenvalue weighted by Crippen LogP contribution is -2.46. The van der Waals surface area contributed by atoms with E-state index in [0.29, 0.717) is 33.1 Å². The van der Waals surface area contributed by atoms with Gasteiger partial charge in [-0.2, -0.15) is 4.98 Å². The summed E-state index contributed by atoms with van der Waals surface area (Å²) in [6, 6.07) is 21.8. The number of benzene rings is 3. The highest BCUT2D eigenvalue weighted by Crippen LogP contribution is 2.39. The Kier molecular flexibility index (Phi) is 5.89. The van der Waals surface area contributed by atoms with E-state index in [0.717, 1.165) is 22.4 Å². The summed E-state index contributed by atoms with van der Waals surface area (Å²) in [5.41, 5.74) is 4.41. The van der Waals surface area contributed by atoms with Crippen molar-refractivity contribution >= 4 is 40.2 Å². The van der Waals surface area contributed by atoms with E-state index in [9.17, 15) is 4.39 Å². The second-order valence-corrected chi connectivity index (χ2v) is 8.82. The van der Waals surface area contributed by atoms with Crippen LogP contribution in [0.1, 0.15) is 30.0 Å². The predicted octanol–water partition coefficient (Wildman–Crippen LogP) is 6.70. The van der Waals surface area contributed by atoms with Gasteiger partial charge in [-0.1, -0.05) is 65.3 Å². The molecule has 34 heavy (non-hydrogen) atoms. The summed E-state index contributed by atoms with van der Waals surface area (Å²) in [6.07, 6.45) is 0. The van der Waals surface area contributed by atoms with Crippen LogP contribution in [0.5, 0.6) is 0 Å². The number of allylic oxidation sites excluding steroid dienone is 1. The predicted molar refractivity (Wildman–Crippen MR) is 136 cm³/mol. The largest absolute Gasteiger partial charge is 0.351 e. The zero-order chi connectivity index (χ0) is 23.8. The number of nitrogens with one attached hydrogen (secondary N) is 1. The normalized spacial score (nSPS) is 16.1. The minimum atomic E-state index is -0.326. The lowest BCUT2D eigenvalue weighted by Gasteiger charge is -2.37. The maximum atomic E-state index is 14.4. The summed E-state index contributed by atoms with van der Waals surface area (Å²) in [5.74, 6) is 0.459. The fraction of sp³-hybridized carbons (Fsp3) is 0.115. The zero-order valence-corrected chi connectivity index (χ0v) is 20.0. The number of hydrogen-bond acceptors (Lipinski definition) is 4. The van der Waals surface area contributed by atoms with Crippen LogP contribution < -0.4 is 10.2 Å². The quantitative estimate of drug-likeness (QED) is 0.321. The number of nitrogens with zero attached hydrogens (tertiary/aromatic N) is 3. The van der Waals surface area contributed by atoms with Gasteiger partial charge in [-0.05, 0) is 61.5 Å². The summed E-state index contributed by atoms with van der Waals surface area (Å²) in [6.45, 7) is 3.64. The molecular formula is C26H20ClFN4OS. The molecule has 1 atom stereocenters. The van der Waals surface area contributed by atoms with Crippen LogP contribution in [0.3, 0.4) is 0 Å². The Labute approximate surface area is 206 Å². The molecule has 0 aliphatic carbocycles. The molecule has 4 aromatic rings. The van der Waals surface area contributed by atoms with E-state index in [-0.39, 0.29) is 11.9 Å². The second-order valence-electron chi connectivity index (χ2n) is 7.99. The van der Waals surface area contributed by atoms with Crippen molar-refractivity contribution in [2.45, 2.75) is 19.9 Å². The van der Waals surface area contributed by atoms with Crippen molar-refractivity contribution in [1.29, 1.82) is 0 Å². The summed E-state index contributed by atoms with van der Waals surface area (Å²) in [7, 11) is 0. The first-order valence-electron chi connectivity index (χ1n) is 10.6. The first kappa shape index (κ1) is 22.3. The zero-order valence-electron chi connectivity index (χ0n) is 18.4. The minimum absolute atomic E-state index is 0.305. The van der Waals surface area contributed by atoms with Gasteiger partial charge in [0.25, 0.3) is 5.89 Å². The SMILES string of the molecule is CC1=C(c2nc(-c3cccc(Cl)c3)no2)C(c2ccccc2)NC(=S)N1c1ccc(C)c(F)c1.